The molecule has 0 spiro atoms. The van der Waals surface area contributed by atoms with E-state index >= 15 is 0 Å². The molecule has 3 aromatic heterocycles. The number of benzene rings is 1. The number of H-pyrrole nitrogens is 1. The number of hydrogen-bond acceptors (Lipinski definition) is 7. The molecule has 1 aliphatic rings. The van der Waals surface area contributed by atoms with Crippen molar-refractivity contribution in [2.75, 3.05) is 23.3 Å². The predicted molar refractivity (Wildman–Crippen MR) is 121 cm³/mol. The quantitative estimate of drug-likeness (QED) is 0.490. The Labute approximate surface area is 184 Å². The van der Waals surface area contributed by atoms with Crippen molar-refractivity contribution in [1.29, 1.82) is 5.26 Å². The van der Waals surface area contributed by atoms with E-state index in [0.29, 0.717) is 22.0 Å². The Morgan fingerprint density at radius 1 is 1.23 bits per heavy atom. The standard InChI is InChI=1S/C22H21ClN8/c1-13(30-22-19-21(27-11-26-19)28-12-29-22)16-9-17(23)15-3-2-6-25-18(15)20(16)31-7-4-14(10-24)5-8-31/h2-3,6,9,11-14H,4-5,7-8H2,1H3,(H2,26,27,28,29,30). The average molecular weight is 433 g/mol. The number of pyridine rings is 1. The van der Waals surface area contributed by atoms with Crippen LogP contribution >= 0.6 is 11.6 Å². The third-order valence-corrected chi connectivity index (χ3v) is 6.19. The fourth-order valence-electron chi connectivity index (χ4n) is 4.25. The number of anilines is 2. The molecule has 4 aromatic rings. The minimum absolute atomic E-state index is 0.107. The van der Waals surface area contributed by atoms with Crippen LogP contribution in [0.15, 0.2) is 37.1 Å². The minimum Gasteiger partial charge on any atom is -0.369 e. The zero-order valence-electron chi connectivity index (χ0n) is 17.0. The summed E-state index contributed by atoms with van der Waals surface area (Å²) in [6.45, 7) is 3.69. The molecule has 1 aromatic carbocycles. The van der Waals surface area contributed by atoms with Gasteiger partial charge in [-0.1, -0.05) is 11.6 Å². The Bertz CT molecular complexity index is 1290. The summed E-state index contributed by atoms with van der Waals surface area (Å²) in [6, 6.07) is 8.20. The van der Waals surface area contributed by atoms with Gasteiger partial charge in [0.15, 0.2) is 11.5 Å². The van der Waals surface area contributed by atoms with Gasteiger partial charge in [0.25, 0.3) is 0 Å². The number of fused-ring (bicyclic) bond motifs is 2. The van der Waals surface area contributed by atoms with E-state index in [0.717, 1.165) is 48.1 Å². The van der Waals surface area contributed by atoms with Crippen LogP contribution in [0.5, 0.6) is 0 Å². The van der Waals surface area contributed by atoms with E-state index in [-0.39, 0.29) is 12.0 Å². The third-order valence-electron chi connectivity index (χ3n) is 5.88. The van der Waals surface area contributed by atoms with Crippen LogP contribution in [0.1, 0.15) is 31.4 Å². The highest BCUT2D eigenvalue weighted by atomic mass is 35.5. The van der Waals surface area contributed by atoms with Gasteiger partial charge >= 0.3 is 0 Å². The van der Waals surface area contributed by atoms with Crippen molar-refractivity contribution in [3.8, 4) is 6.07 Å². The summed E-state index contributed by atoms with van der Waals surface area (Å²) in [4.78, 5) is 23.0. The SMILES string of the molecule is CC(Nc1ncnc2[nH]cnc12)c1cc(Cl)c2cccnc2c1N1CCC(C#N)CC1. The molecule has 9 heteroatoms. The number of aromatic amines is 1. The topological polar surface area (TPSA) is 106 Å². The van der Waals surface area contributed by atoms with Gasteiger partial charge in [-0.25, -0.2) is 15.0 Å². The van der Waals surface area contributed by atoms with Crippen molar-refractivity contribution in [3.63, 3.8) is 0 Å². The van der Waals surface area contributed by atoms with Crippen LogP contribution < -0.4 is 10.2 Å². The lowest BCUT2D eigenvalue weighted by Crippen LogP contribution is -2.34. The molecule has 1 fully saturated rings. The molecule has 1 atom stereocenters. The number of hydrogen-bond donors (Lipinski definition) is 2. The maximum Gasteiger partial charge on any atom is 0.162 e. The Morgan fingerprint density at radius 3 is 2.87 bits per heavy atom. The van der Waals surface area contributed by atoms with E-state index < -0.39 is 0 Å². The number of rotatable bonds is 4. The lowest BCUT2D eigenvalue weighted by atomic mass is 9.95. The van der Waals surface area contributed by atoms with E-state index in [9.17, 15) is 5.26 Å². The van der Waals surface area contributed by atoms with Gasteiger partial charge in [0, 0.05) is 36.2 Å². The Balaban J connectivity index is 1.59. The fraction of sp³-hybridized carbons (Fsp3) is 0.318. The number of halogens is 1. The molecule has 0 amide bonds. The smallest absolute Gasteiger partial charge is 0.162 e. The van der Waals surface area contributed by atoms with Crippen LogP contribution in [0.25, 0.3) is 22.1 Å². The summed E-state index contributed by atoms with van der Waals surface area (Å²) in [5.41, 5.74) is 4.34. The first kappa shape index (κ1) is 19.5. The molecule has 4 heterocycles. The zero-order chi connectivity index (χ0) is 21.4. The van der Waals surface area contributed by atoms with Crippen molar-refractivity contribution in [3.05, 3.63) is 47.6 Å². The van der Waals surface area contributed by atoms with Gasteiger partial charge in [-0.3, -0.25) is 4.98 Å². The number of piperidine rings is 1. The van der Waals surface area contributed by atoms with Gasteiger partial charge in [-0.05, 0) is 38.0 Å². The second-order valence-electron chi connectivity index (χ2n) is 7.77. The van der Waals surface area contributed by atoms with Crippen LogP contribution in [-0.2, 0) is 0 Å². The highest BCUT2D eigenvalue weighted by molar-refractivity contribution is 6.36. The molecule has 0 aliphatic carbocycles. The molecule has 0 saturated carbocycles. The highest BCUT2D eigenvalue weighted by Crippen LogP contribution is 2.40. The van der Waals surface area contributed by atoms with E-state index in [1.165, 1.54) is 6.33 Å². The van der Waals surface area contributed by atoms with Crippen LogP contribution in [0.3, 0.4) is 0 Å². The normalized spacial score (nSPS) is 15.8. The van der Waals surface area contributed by atoms with Gasteiger partial charge in [0.2, 0.25) is 0 Å². The summed E-state index contributed by atoms with van der Waals surface area (Å²) in [5, 5.41) is 14.4. The molecule has 1 saturated heterocycles. The Morgan fingerprint density at radius 2 is 2.06 bits per heavy atom. The number of imidazole rings is 1. The van der Waals surface area contributed by atoms with Crippen LogP contribution in [0.2, 0.25) is 5.02 Å². The van der Waals surface area contributed by atoms with Gasteiger partial charge in [0.05, 0.1) is 34.7 Å². The lowest BCUT2D eigenvalue weighted by molar-refractivity contribution is 0.487. The van der Waals surface area contributed by atoms with Crippen LogP contribution in [0, 0.1) is 17.2 Å². The second-order valence-corrected chi connectivity index (χ2v) is 8.18. The summed E-state index contributed by atoms with van der Waals surface area (Å²) < 4.78 is 0. The third kappa shape index (κ3) is 3.51. The van der Waals surface area contributed by atoms with Crippen molar-refractivity contribution < 1.29 is 0 Å². The van der Waals surface area contributed by atoms with Crippen LogP contribution in [-0.4, -0.2) is 38.0 Å². The van der Waals surface area contributed by atoms with Gasteiger partial charge < -0.3 is 15.2 Å². The first-order valence-electron chi connectivity index (χ1n) is 10.3. The maximum atomic E-state index is 9.30. The average Bonchev–Trinajstić information content (AvgIpc) is 3.29. The summed E-state index contributed by atoms with van der Waals surface area (Å²) in [5.74, 6) is 0.765. The van der Waals surface area contributed by atoms with Crippen molar-refractivity contribution in [2.45, 2.75) is 25.8 Å². The van der Waals surface area contributed by atoms with E-state index in [1.54, 1.807) is 12.5 Å². The number of aromatic nitrogens is 5. The molecule has 1 unspecified atom stereocenters. The molecule has 2 N–H and O–H groups in total. The summed E-state index contributed by atoms with van der Waals surface area (Å²) in [7, 11) is 0. The number of nitrogens with zero attached hydrogens (tertiary/aromatic N) is 6. The first-order valence-corrected chi connectivity index (χ1v) is 10.7. The van der Waals surface area contributed by atoms with E-state index in [1.807, 2.05) is 18.2 Å². The monoisotopic (exact) mass is 432 g/mol. The number of nitriles is 1. The molecule has 5 rings (SSSR count). The maximum absolute atomic E-state index is 9.30. The fourth-order valence-corrected chi connectivity index (χ4v) is 4.52. The summed E-state index contributed by atoms with van der Waals surface area (Å²) >= 11 is 6.67. The van der Waals surface area contributed by atoms with Crippen molar-refractivity contribution in [2.24, 2.45) is 5.92 Å². The van der Waals surface area contributed by atoms with E-state index in [4.69, 9.17) is 11.6 Å². The van der Waals surface area contributed by atoms with Gasteiger partial charge in [-0.15, -0.1) is 0 Å². The van der Waals surface area contributed by atoms with E-state index in [2.05, 4.69) is 48.1 Å². The molecule has 0 bridgehead atoms. The van der Waals surface area contributed by atoms with Gasteiger partial charge in [-0.2, -0.15) is 5.26 Å². The first-order chi connectivity index (χ1) is 15.2. The molecule has 31 heavy (non-hydrogen) atoms. The van der Waals surface area contributed by atoms with Crippen molar-refractivity contribution in [1.82, 2.24) is 24.9 Å². The largest absolute Gasteiger partial charge is 0.369 e. The molecule has 0 radical (unpaired) electrons. The second kappa shape index (κ2) is 8.00. The molecule has 1 aliphatic heterocycles. The minimum atomic E-state index is -0.109. The predicted octanol–water partition coefficient (Wildman–Crippen LogP) is 4.47. The Hall–Kier alpha value is -3.44. The highest BCUT2D eigenvalue weighted by Gasteiger charge is 2.26. The zero-order valence-corrected chi connectivity index (χ0v) is 17.8. The molecule has 156 valence electrons. The lowest BCUT2D eigenvalue weighted by Gasteiger charge is -2.34. The molecular weight excluding hydrogens is 412 g/mol. The summed E-state index contributed by atoms with van der Waals surface area (Å²) in [6.07, 6.45) is 6.60. The van der Waals surface area contributed by atoms with Crippen LogP contribution in [0.4, 0.5) is 11.5 Å². The Kier molecular flexibility index (Phi) is 5.04. The molecule has 8 nitrogen and oxygen atoms in total. The molecular formula is C22H21ClN8. The van der Waals surface area contributed by atoms with Gasteiger partial charge in [0.1, 0.15) is 11.8 Å². The van der Waals surface area contributed by atoms with Crippen molar-refractivity contribution >= 4 is 45.2 Å². The number of nitrogens with one attached hydrogen (secondary N) is 2.